The molecule has 0 atom stereocenters. The van der Waals surface area contributed by atoms with E-state index in [1.165, 1.54) is 16.8 Å². The zero-order valence-electron chi connectivity index (χ0n) is 10.5. The van der Waals surface area contributed by atoms with Crippen LogP contribution in [0.25, 0.3) is 22.2 Å². The van der Waals surface area contributed by atoms with Gasteiger partial charge in [-0.1, -0.05) is 30.3 Å². The van der Waals surface area contributed by atoms with Crippen molar-refractivity contribution in [2.45, 2.75) is 6.92 Å². The van der Waals surface area contributed by atoms with E-state index in [0.29, 0.717) is 5.75 Å². The first-order chi connectivity index (χ1) is 8.68. The van der Waals surface area contributed by atoms with Crippen molar-refractivity contribution >= 4 is 10.9 Å². The summed E-state index contributed by atoms with van der Waals surface area (Å²) in [4.78, 5) is 0. The van der Waals surface area contributed by atoms with Crippen molar-refractivity contribution in [3.8, 4) is 17.0 Å². The predicted octanol–water partition coefficient (Wildman–Crippen LogP) is 3.86. The number of fused-ring (bicyclic) bond motifs is 1. The van der Waals surface area contributed by atoms with E-state index in [-0.39, 0.29) is 0 Å². The first-order valence-electron chi connectivity index (χ1n) is 6.02. The van der Waals surface area contributed by atoms with Gasteiger partial charge in [-0.05, 0) is 36.2 Å². The van der Waals surface area contributed by atoms with E-state index in [4.69, 9.17) is 0 Å². The molecular weight excluding hydrogens is 222 g/mol. The van der Waals surface area contributed by atoms with E-state index in [2.05, 4.69) is 30.7 Å². The number of phenolic OH excluding ortho intramolecular Hbond substituents is 1. The molecule has 1 heterocycles. The minimum atomic E-state index is 0.316. The molecule has 2 nitrogen and oxygen atoms in total. The van der Waals surface area contributed by atoms with Crippen molar-refractivity contribution in [3.05, 3.63) is 54.1 Å². The summed E-state index contributed by atoms with van der Waals surface area (Å²) in [5, 5.41) is 10.7. The Morgan fingerprint density at radius 3 is 2.44 bits per heavy atom. The lowest BCUT2D eigenvalue weighted by Gasteiger charge is -2.05. The van der Waals surface area contributed by atoms with Crippen LogP contribution in [0.5, 0.6) is 5.75 Å². The highest BCUT2D eigenvalue weighted by molar-refractivity contribution is 5.92. The molecule has 0 fully saturated rings. The van der Waals surface area contributed by atoms with Crippen LogP contribution in [0.3, 0.4) is 0 Å². The smallest absolute Gasteiger partial charge is 0.116 e. The number of hydrogen-bond acceptors (Lipinski definition) is 1. The van der Waals surface area contributed by atoms with E-state index in [1.54, 1.807) is 6.07 Å². The molecule has 2 aromatic carbocycles. The van der Waals surface area contributed by atoms with E-state index in [0.717, 1.165) is 10.9 Å². The largest absolute Gasteiger partial charge is 0.508 e. The number of aryl methyl sites for hydroxylation is 2. The average Bonchev–Trinajstić information content (AvgIpc) is 2.63. The maximum absolute atomic E-state index is 9.62. The van der Waals surface area contributed by atoms with E-state index < -0.39 is 0 Å². The Morgan fingerprint density at radius 2 is 1.72 bits per heavy atom. The fourth-order valence-electron chi connectivity index (χ4n) is 2.62. The van der Waals surface area contributed by atoms with Gasteiger partial charge in [0, 0.05) is 18.0 Å². The van der Waals surface area contributed by atoms with Gasteiger partial charge in [-0.3, -0.25) is 0 Å². The van der Waals surface area contributed by atoms with Gasteiger partial charge < -0.3 is 9.67 Å². The van der Waals surface area contributed by atoms with Crippen LogP contribution < -0.4 is 0 Å². The number of aromatic hydroxyl groups is 1. The number of rotatable bonds is 1. The molecular formula is C16H15NO. The summed E-state index contributed by atoms with van der Waals surface area (Å²) in [5.74, 6) is 0.316. The molecule has 0 saturated carbocycles. The average molecular weight is 237 g/mol. The van der Waals surface area contributed by atoms with Gasteiger partial charge in [0.15, 0.2) is 0 Å². The fraction of sp³-hybridized carbons (Fsp3) is 0.125. The Hall–Kier alpha value is -2.22. The van der Waals surface area contributed by atoms with Gasteiger partial charge in [0.05, 0.1) is 5.69 Å². The topological polar surface area (TPSA) is 25.2 Å². The van der Waals surface area contributed by atoms with E-state index in [1.807, 2.05) is 30.3 Å². The molecule has 2 heteroatoms. The standard InChI is InChI=1S/C16H15NO/c1-11-14-10-13(18)8-9-15(14)17(2)16(11)12-6-4-3-5-7-12/h3-10,18H,1-2H3. The zero-order valence-corrected chi connectivity index (χ0v) is 10.5. The third kappa shape index (κ3) is 1.50. The second-order valence-corrected chi connectivity index (χ2v) is 4.60. The Balaban J connectivity index is 2.37. The summed E-state index contributed by atoms with van der Waals surface area (Å²) in [6.07, 6.45) is 0. The molecule has 0 aliphatic carbocycles. The molecule has 0 bridgehead atoms. The SMILES string of the molecule is Cc1c(-c2ccccc2)n(C)c2ccc(O)cc12. The third-order valence-electron chi connectivity index (χ3n) is 3.48. The number of benzene rings is 2. The molecule has 90 valence electrons. The summed E-state index contributed by atoms with van der Waals surface area (Å²) in [6.45, 7) is 2.10. The molecule has 18 heavy (non-hydrogen) atoms. The number of hydrogen-bond donors (Lipinski definition) is 1. The van der Waals surface area contributed by atoms with Crippen molar-refractivity contribution in [2.24, 2.45) is 7.05 Å². The molecule has 0 amide bonds. The van der Waals surface area contributed by atoms with Crippen molar-refractivity contribution < 1.29 is 5.11 Å². The van der Waals surface area contributed by atoms with Crippen LogP contribution in [-0.2, 0) is 7.05 Å². The Labute approximate surface area is 106 Å². The van der Waals surface area contributed by atoms with Crippen molar-refractivity contribution in [1.82, 2.24) is 4.57 Å². The lowest BCUT2D eigenvalue weighted by Crippen LogP contribution is -1.91. The molecule has 3 rings (SSSR count). The lowest BCUT2D eigenvalue weighted by atomic mass is 10.1. The minimum Gasteiger partial charge on any atom is -0.508 e. The highest BCUT2D eigenvalue weighted by Crippen LogP contribution is 2.33. The van der Waals surface area contributed by atoms with E-state index in [9.17, 15) is 5.11 Å². The predicted molar refractivity (Wildman–Crippen MR) is 74.8 cm³/mol. The second kappa shape index (κ2) is 3.91. The summed E-state index contributed by atoms with van der Waals surface area (Å²) < 4.78 is 2.18. The zero-order chi connectivity index (χ0) is 12.7. The molecule has 1 N–H and O–H groups in total. The number of nitrogens with zero attached hydrogens (tertiary/aromatic N) is 1. The van der Waals surface area contributed by atoms with Crippen LogP contribution in [0.15, 0.2) is 48.5 Å². The van der Waals surface area contributed by atoms with Crippen LogP contribution in [0, 0.1) is 6.92 Å². The number of phenols is 1. The van der Waals surface area contributed by atoms with Crippen molar-refractivity contribution in [1.29, 1.82) is 0 Å². The first kappa shape index (κ1) is 10.9. The minimum absolute atomic E-state index is 0.316. The molecule has 0 unspecified atom stereocenters. The summed E-state index contributed by atoms with van der Waals surface area (Å²) in [5.41, 5.74) is 4.75. The highest BCUT2D eigenvalue weighted by Gasteiger charge is 2.13. The molecule has 0 aliphatic rings. The Bertz CT molecular complexity index is 711. The molecule has 0 radical (unpaired) electrons. The van der Waals surface area contributed by atoms with Crippen LogP contribution >= 0.6 is 0 Å². The van der Waals surface area contributed by atoms with Gasteiger partial charge in [0.2, 0.25) is 0 Å². The normalized spacial score (nSPS) is 11.0. The van der Waals surface area contributed by atoms with Crippen LogP contribution in [0.2, 0.25) is 0 Å². The number of aromatic nitrogens is 1. The quantitative estimate of drug-likeness (QED) is 0.683. The van der Waals surface area contributed by atoms with Gasteiger partial charge in [0.1, 0.15) is 5.75 Å². The molecule has 3 aromatic rings. The van der Waals surface area contributed by atoms with Crippen molar-refractivity contribution in [3.63, 3.8) is 0 Å². The van der Waals surface area contributed by atoms with Crippen LogP contribution in [0.4, 0.5) is 0 Å². The summed E-state index contributed by atoms with van der Waals surface area (Å²) >= 11 is 0. The van der Waals surface area contributed by atoms with Crippen LogP contribution in [0.1, 0.15) is 5.56 Å². The maximum Gasteiger partial charge on any atom is 0.116 e. The lowest BCUT2D eigenvalue weighted by molar-refractivity contribution is 0.476. The monoisotopic (exact) mass is 237 g/mol. The molecule has 1 aromatic heterocycles. The Morgan fingerprint density at radius 1 is 1.00 bits per heavy atom. The summed E-state index contributed by atoms with van der Waals surface area (Å²) in [7, 11) is 2.06. The van der Waals surface area contributed by atoms with Gasteiger partial charge in [-0.2, -0.15) is 0 Å². The van der Waals surface area contributed by atoms with Crippen molar-refractivity contribution in [2.75, 3.05) is 0 Å². The fourth-order valence-corrected chi connectivity index (χ4v) is 2.62. The van der Waals surface area contributed by atoms with Gasteiger partial charge in [-0.25, -0.2) is 0 Å². The first-order valence-corrected chi connectivity index (χ1v) is 6.02. The third-order valence-corrected chi connectivity index (χ3v) is 3.48. The Kier molecular flexibility index (Phi) is 2.37. The maximum atomic E-state index is 9.62. The molecule has 0 saturated heterocycles. The van der Waals surface area contributed by atoms with Gasteiger partial charge >= 0.3 is 0 Å². The van der Waals surface area contributed by atoms with Gasteiger partial charge in [0.25, 0.3) is 0 Å². The second-order valence-electron chi connectivity index (χ2n) is 4.60. The highest BCUT2D eigenvalue weighted by atomic mass is 16.3. The van der Waals surface area contributed by atoms with Crippen LogP contribution in [-0.4, -0.2) is 9.67 Å². The molecule has 0 spiro atoms. The summed E-state index contributed by atoms with van der Waals surface area (Å²) in [6, 6.07) is 15.9. The molecule has 0 aliphatic heterocycles. The van der Waals surface area contributed by atoms with E-state index >= 15 is 0 Å². The van der Waals surface area contributed by atoms with Gasteiger partial charge in [-0.15, -0.1) is 0 Å².